The van der Waals surface area contributed by atoms with E-state index in [1.54, 1.807) is 5.57 Å². The highest BCUT2D eigenvalue weighted by molar-refractivity contribution is 5.26. The van der Waals surface area contributed by atoms with Crippen molar-refractivity contribution in [3.8, 4) is 0 Å². The minimum atomic E-state index is 0.672. The second-order valence-electron chi connectivity index (χ2n) is 6.81. The average molecular weight is 204 g/mol. The van der Waals surface area contributed by atoms with Crippen LogP contribution in [0.1, 0.15) is 46.5 Å². The molecule has 84 valence electrons. The summed E-state index contributed by atoms with van der Waals surface area (Å²) >= 11 is 0. The van der Waals surface area contributed by atoms with Gasteiger partial charge in [0.25, 0.3) is 0 Å². The third kappa shape index (κ3) is 1.04. The van der Waals surface area contributed by atoms with Crippen LogP contribution in [0.25, 0.3) is 0 Å². The van der Waals surface area contributed by atoms with Gasteiger partial charge in [0.2, 0.25) is 0 Å². The molecule has 0 saturated heterocycles. The van der Waals surface area contributed by atoms with Crippen LogP contribution in [0, 0.1) is 35.0 Å². The molecular weight excluding hydrogens is 180 g/mol. The van der Waals surface area contributed by atoms with Crippen molar-refractivity contribution in [1.29, 1.82) is 0 Å². The Morgan fingerprint density at radius 1 is 1.33 bits per heavy atom. The van der Waals surface area contributed by atoms with Crippen LogP contribution in [0.15, 0.2) is 12.2 Å². The minimum absolute atomic E-state index is 0.672. The molecule has 0 aromatic carbocycles. The predicted octanol–water partition coefficient (Wildman–Crippen LogP) is 4.27. The number of fused-ring (bicyclic) bond motifs is 2. The number of rotatable bonds is 1. The van der Waals surface area contributed by atoms with E-state index in [1.807, 2.05) is 0 Å². The summed E-state index contributed by atoms with van der Waals surface area (Å²) in [7, 11) is 0. The highest BCUT2D eigenvalue weighted by Gasteiger charge is 2.65. The van der Waals surface area contributed by atoms with Crippen molar-refractivity contribution in [2.75, 3.05) is 0 Å². The summed E-state index contributed by atoms with van der Waals surface area (Å²) < 4.78 is 0. The molecule has 0 N–H and O–H groups in total. The number of hydrogen-bond acceptors (Lipinski definition) is 0. The highest BCUT2D eigenvalue weighted by atomic mass is 14.7. The molecule has 0 aromatic rings. The Morgan fingerprint density at radius 2 is 2.07 bits per heavy atom. The molecule has 0 spiro atoms. The van der Waals surface area contributed by atoms with Crippen molar-refractivity contribution < 1.29 is 0 Å². The number of allylic oxidation sites excluding steroid dienone is 1. The van der Waals surface area contributed by atoms with Crippen LogP contribution < -0.4 is 0 Å². The summed E-state index contributed by atoms with van der Waals surface area (Å²) in [4.78, 5) is 0. The maximum absolute atomic E-state index is 4.35. The van der Waals surface area contributed by atoms with Gasteiger partial charge in [-0.25, -0.2) is 0 Å². The second-order valence-corrected chi connectivity index (χ2v) is 6.81. The first-order valence-electron chi connectivity index (χ1n) is 6.73. The van der Waals surface area contributed by atoms with Gasteiger partial charge in [-0.1, -0.05) is 32.9 Å². The quantitative estimate of drug-likeness (QED) is 0.559. The normalized spacial score (nSPS) is 52.9. The zero-order valence-electron chi connectivity index (χ0n) is 10.4. The van der Waals surface area contributed by atoms with Gasteiger partial charge in [-0.3, -0.25) is 0 Å². The van der Waals surface area contributed by atoms with Crippen LogP contribution in [-0.2, 0) is 0 Å². The van der Waals surface area contributed by atoms with Crippen molar-refractivity contribution in [1.82, 2.24) is 0 Å². The SMILES string of the molecule is C=C1CC[C@H]2C3[C@H](C(C)C)CCC2(C)[C@H]13. The zero-order valence-corrected chi connectivity index (χ0v) is 10.4. The summed E-state index contributed by atoms with van der Waals surface area (Å²) in [6, 6.07) is 0. The molecule has 4 aliphatic carbocycles. The van der Waals surface area contributed by atoms with Gasteiger partial charge in [0.15, 0.2) is 0 Å². The molecule has 4 rings (SSSR count). The first kappa shape index (κ1) is 9.93. The van der Waals surface area contributed by atoms with E-state index in [1.165, 1.54) is 25.7 Å². The topological polar surface area (TPSA) is 0 Å². The molecule has 0 amide bonds. The van der Waals surface area contributed by atoms with Gasteiger partial charge >= 0.3 is 0 Å². The molecule has 0 nitrogen and oxygen atoms in total. The van der Waals surface area contributed by atoms with E-state index in [0.717, 1.165) is 29.6 Å². The van der Waals surface area contributed by atoms with Gasteiger partial charge in [0, 0.05) is 0 Å². The highest BCUT2D eigenvalue weighted by Crippen LogP contribution is 2.72. The van der Waals surface area contributed by atoms with Gasteiger partial charge in [0.05, 0.1) is 0 Å². The lowest BCUT2D eigenvalue weighted by Gasteiger charge is -2.71. The summed E-state index contributed by atoms with van der Waals surface area (Å²) in [5.41, 5.74) is 2.26. The van der Waals surface area contributed by atoms with E-state index in [2.05, 4.69) is 27.4 Å². The van der Waals surface area contributed by atoms with Gasteiger partial charge in [-0.15, -0.1) is 0 Å². The van der Waals surface area contributed by atoms with Crippen molar-refractivity contribution in [3.05, 3.63) is 12.2 Å². The van der Waals surface area contributed by atoms with E-state index in [4.69, 9.17) is 0 Å². The Bertz CT molecular complexity index is 299. The monoisotopic (exact) mass is 204 g/mol. The molecule has 5 atom stereocenters. The lowest BCUT2D eigenvalue weighted by atomic mass is 9.33. The fourth-order valence-electron chi connectivity index (χ4n) is 5.32. The smallest absolute Gasteiger partial charge is 0.0115 e. The van der Waals surface area contributed by atoms with Gasteiger partial charge in [-0.05, 0) is 60.7 Å². The van der Waals surface area contributed by atoms with E-state index in [9.17, 15) is 0 Å². The molecule has 15 heavy (non-hydrogen) atoms. The van der Waals surface area contributed by atoms with Gasteiger partial charge in [-0.2, -0.15) is 0 Å². The molecule has 0 radical (unpaired) electrons. The maximum Gasteiger partial charge on any atom is -0.0115 e. The first-order chi connectivity index (χ1) is 7.05. The van der Waals surface area contributed by atoms with Crippen LogP contribution in [0.3, 0.4) is 0 Å². The Labute approximate surface area is 94.1 Å². The largest absolute Gasteiger partial charge is 0.0995 e. The fourth-order valence-corrected chi connectivity index (χ4v) is 5.32. The predicted molar refractivity (Wildman–Crippen MR) is 64.5 cm³/mol. The summed E-state index contributed by atoms with van der Waals surface area (Å²) in [5, 5.41) is 0. The molecule has 4 bridgehead atoms. The zero-order chi connectivity index (χ0) is 10.8. The van der Waals surface area contributed by atoms with Crippen LogP contribution in [0.2, 0.25) is 0 Å². The van der Waals surface area contributed by atoms with E-state index in [-0.39, 0.29) is 0 Å². The standard InChI is InChI=1S/C15H24/c1-9(2)11-7-8-15(4)12-6-5-10(3)14(15)13(11)12/h9,11-14H,3,5-8H2,1-2,4H3/t11-,12-,13?,14+,15?/m0/s1. The Morgan fingerprint density at radius 3 is 2.67 bits per heavy atom. The van der Waals surface area contributed by atoms with Crippen molar-refractivity contribution in [2.24, 2.45) is 35.0 Å². The third-order valence-corrected chi connectivity index (χ3v) is 5.99. The van der Waals surface area contributed by atoms with E-state index < -0.39 is 0 Å². The lowest BCUT2D eigenvalue weighted by molar-refractivity contribution is -0.194. The van der Waals surface area contributed by atoms with Gasteiger partial charge < -0.3 is 0 Å². The molecule has 4 aliphatic rings. The van der Waals surface area contributed by atoms with Crippen LogP contribution >= 0.6 is 0 Å². The second kappa shape index (κ2) is 2.90. The van der Waals surface area contributed by atoms with Crippen LogP contribution in [0.5, 0.6) is 0 Å². The van der Waals surface area contributed by atoms with Crippen LogP contribution in [0.4, 0.5) is 0 Å². The van der Waals surface area contributed by atoms with Crippen molar-refractivity contribution >= 4 is 0 Å². The summed E-state index contributed by atoms with van der Waals surface area (Å²) in [6.45, 7) is 11.7. The summed E-state index contributed by atoms with van der Waals surface area (Å²) in [6.07, 6.45) is 5.73. The van der Waals surface area contributed by atoms with Crippen molar-refractivity contribution in [2.45, 2.75) is 46.5 Å². The minimum Gasteiger partial charge on any atom is -0.0995 e. The first-order valence-corrected chi connectivity index (χ1v) is 6.73. The average Bonchev–Trinajstić information content (AvgIpc) is 2.17. The molecule has 0 aromatic heterocycles. The Kier molecular flexibility index (Phi) is 1.92. The summed E-state index contributed by atoms with van der Waals surface area (Å²) in [5.74, 6) is 4.85. The van der Waals surface area contributed by atoms with Crippen molar-refractivity contribution in [3.63, 3.8) is 0 Å². The Hall–Kier alpha value is -0.260. The fraction of sp³-hybridized carbons (Fsp3) is 0.867. The van der Waals surface area contributed by atoms with Gasteiger partial charge in [0.1, 0.15) is 0 Å². The molecule has 0 heteroatoms. The third-order valence-electron chi connectivity index (χ3n) is 5.99. The molecule has 4 saturated carbocycles. The molecule has 0 aliphatic heterocycles. The molecule has 4 fully saturated rings. The molecule has 2 unspecified atom stereocenters. The van der Waals surface area contributed by atoms with E-state index >= 15 is 0 Å². The van der Waals surface area contributed by atoms with E-state index in [0.29, 0.717) is 5.41 Å². The number of hydrogen-bond donors (Lipinski definition) is 0. The Balaban J connectivity index is 1.93. The lowest BCUT2D eigenvalue weighted by Crippen LogP contribution is -2.64. The maximum atomic E-state index is 4.35. The molecule has 0 heterocycles. The molecular formula is C15H24. The van der Waals surface area contributed by atoms with Crippen LogP contribution in [-0.4, -0.2) is 0 Å².